The third-order valence-electron chi connectivity index (χ3n) is 3.49. The molecule has 1 N–H and O–H groups in total. The first-order valence-electron chi connectivity index (χ1n) is 7.64. The smallest absolute Gasteiger partial charge is 0.416 e. The number of halogens is 4. The monoisotopic (exact) mass is 401 g/mol. The standard InChI is InChI=1S/C18H15ClF3NO4/c1-26-15-8-13(19)6-7-14(15)17(25)27-10-16(24)23-9-11-2-4-12(5-3-11)18(20,21)22/h2-8H,9-10H2,1H3,(H,23,24). The van der Waals surface area contributed by atoms with Crippen LogP contribution in [0.4, 0.5) is 13.2 Å². The number of ether oxygens (including phenoxy) is 2. The lowest BCUT2D eigenvalue weighted by Crippen LogP contribution is -2.28. The number of alkyl halides is 3. The van der Waals surface area contributed by atoms with Gasteiger partial charge in [0.25, 0.3) is 5.91 Å². The number of rotatable bonds is 6. The minimum atomic E-state index is -4.42. The molecule has 0 aliphatic rings. The molecule has 144 valence electrons. The van der Waals surface area contributed by atoms with Crippen molar-refractivity contribution >= 4 is 23.5 Å². The molecule has 2 rings (SSSR count). The van der Waals surface area contributed by atoms with Crippen LogP contribution in [-0.2, 0) is 22.3 Å². The molecular formula is C18H15ClF3NO4. The van der Waals surface area contributed by atoms with Gasteiger partial charge in [-0.1, -0.05) is 23.7 Å². The summed E-state index contributed by atoms with van der Waals surface area (Å²) in [5.74, 6) is -1.16. The van der Waals surface area contributed by atoms with Gasteiger partial charge in [-0.15, -0.1) is 0 Å². The Morgan fingerprint density at radius 2 is 1.78 bits per heavy atom. The minimum Gasteiger partial charge on any atom is -0.496 e. The Balaban J connectivity index is 1.85. The lowest BCUT2D eigenvalue weighted by Gasteiger charge is -2.10. The van der Waals surface area contributed by atoms with Crippen molar-refractivity contribution in [2.24, 2.45) is 0 Å². The highest BCUT2D eigenvalue weighted by atomic mass is 35.5. The van der Waals surface area contributed by atoms with Gasteiger partial charge in [-0.2, -0.15) is 13.2 Å². The van der Waals surface area contributed by atoms with Crippen LogP contribution in [0.2, 0.25) is 5.02 Å². The van der Waals surface area contributed by atoms with Crippen molar-refractivity contribution in [1.82, 2.24) is 5.32 Å². The maximum atomic E-state index is 12.5. The van der Waals surface area contributed by atoms with E-state index >= 15 is 0 Å². The summed E-state index contributed by atoms with van der Waals surface area (Å²) in [5.41, 5.74) is -0.192. The molecule has 2 aromatic carbocycles. The van der Waals surface area contributed by atoms with E-state index in [9.17, 15) is 22.8 Å². The number of carbonyl (C=O) groups is 2. The van der Waals surface area contributed by atoms with Crippen molar-refractivity contribution in [3.05, 3.63) is 64.2 Å². The van der Waals surface area contributed by atoms with Crippen molar-refractivity contribution < 1.29 is 32.2 Å². The summed E-state index contributed by atoms with van der Waals surface area (Å²) in [6.45, 7) is -0.552. The highest BCUT2D eigenvalue weighted by Crippen LogP contribution is 2.29. The summed E-state index contributed by atoms with van der Waals surface area (Å²) in [7, 11) is 1.36. The van der Waals surface area contributed by atoms with Crippen molar-refractivity contribution in [3.8, 4) is 5.75 Å². The van der Waals surface area contributed by atoms with E-state index in [0.717, 1.165) is 12.1 Å². The molecule has 0 radical (unpaired) electrons. The highest BCUT2D eigenvalue weighted by Gasteiger charge is 2.29. The minimum absolute atomic E-state index is 0.00120. The maximum absolute atomic E-state index is 12.5. The molecule has 0 aromatic heterocycles. The Kier molecular flexibility index (Phi) is 6.68. The van der Waals surface area contributed by atoms with Crippen LogP contribution in [-0.4, -0.2) is 25.6 Å². The Morgan fingerprint density at radius 1 is 1.11 bits per heavy atom. The Labute approximate surface area is 158 Å². The molecule has 0 heterocycles. The Morgan fingerprint density at radius 3 is 2.37 bits per heavy atom. The second-order valence-electron chi connectivity index (χ2n) is 5.39. The van der Waals surface area contributed by atoms with Crippen LogP contribution in [0.25, 0.3) is 0 Å². The van der Waals surface area contributed by atoms with Gasteiger partial charge >= 0.3 is 12.1 Å². The molecule has 0 saturated carbocycles. The first-order valence-corrected chi connectivity index (χ1v) is 8.02. The van der Waals surface area contributed by atoms with Crippen LogP contribution in [0.5, 0.6) is 5.75 Å². The van der Waals surface area contributed by atoms with E-state index in [-0.39, 0.29) is 17.9 Å². The zero-order valence-electron chi connectivity index (χ0n) is 14.1. The highest BCUT2D eigenvalue weighted by molar-refractivity contribution is 6.30. The number of amides is 1. The Hall–Kier alpha value is -2.74. The van der Waals surface area contributed by atoms with Crippen molar-refractivity contribution in [3.63, 3.8) is 0 Å². The predicted octanol–water partition coefficient (Wildman–Crippen LogP) is 3.84. The molecule has 1 amide bonds. The number of nitrogens with one attached hydrogen (secondary N) is 1. The molecule has 0 saturated heterocycles. The predicted molar refractivity (Wildman–Crippen MR) is 91.6 cm³/mol. The number of esters is 1. The van der Waals surface area contributed by atoms with Gasteiger partial charge in [-0.25, -0.2) is 4.79 Å². The summed E-state index contributed by atoms with van der Waals surface area (Å²) in [5, 5.41) is 2.82. The average molecular weight is 402 g/mol. The lowest BCUT2D eigenvalue weighted by molar-refractivity contribution is -0.137. The quantitative estimate of drug-likeness (QED) is 0.747. The molecule has 0 unspecified atom stereocenters. The van der Waals surface area contributed by atoms with Crippen LogP contribution in [0.3, 0.4) is 0 Å². The molecule has 5 nitrogen and oxygen atoms in total. The summed E-state index contributed by atoms with van der Waals surface area (Å²) in [6, 6.07) is 8.68. The molecule has 0 fully saturated rings. The third-order valence-corrected chi connectivity index (χ3v) is 3.72. The number of benzene rings is 2. The molecule has 0 spiro atoms. The molecule has 27 heavy (non-hydrogen) atoms. The molecule has 2 aromatic rings. The van der Waals surface area contributed by atoms with Crippen molar-refractivity contribution in [2.75, 3.05) is 13.7 Å². The molecule has 9 heteroatoms. The van der Waals surface area contributed by atoms with Crippen LogP contribution < -0.4 is 10.1 Å². The van der Waals surface area contributed by atoms with Gasteiger partial charge in [0.05, 0.1) is 12.7 Å². The molecule has 0 atom stereocenters. The lowest BCUT2D eigenvalue weighted by atomic mass is 10.1. The second-order valence-corrected chi connectivity index (χ2v) is 5.83. The SMILES string of the molecule is COc1cc(Cl)ccc1C(=O)OCC(=O)NCc1ccc(C(F)(F)F)cc1. The zero-order valence-corrected chi connectivity index (χ0v) is 14.9. The zero-order chi connectivity index (χ0) is 20.0. The van der Waals surface area contributed by atoms with Crippen molar-refractivity contribution in [2.45, 2.75) is 12.7 Å². The first-order chi connectivity index (χ1) is 12.7. The second kappa shape index (κ2) is 8.77. The number of carbonyl (C=O) groups excluding carboxylic acids is 2. The largest absolute Gasteiger partial charge is 0.496 e. The fourth-order valence-corrected chi connectivity index (χ4v) is 2.27. The number of hydrogen-bond donors (Lipinski definition) is 1. The molecular weight excluding hydrogens is 387 g/mol. The molecule has 0 aliphatic carbocycles. The average Bonchev–Trinajstić information content (AvgIpc) is 2.63. The number of hydrogen-bond acceptors (Lipinski definition) is 4. The van der Waals surface area contributed by atoms with Gasteiger partial charge in [-0.3, -0.25) is 4.79 Å². The number of methoxy groups -OCH3 is 1. The van der Waals surface area contributed by atoms with Crippen LogP contribution in [0.15, 0.2) is 42.5 Å². The van der Waals surface area contributed by atoms with Crippen LogP contribution in [0, 0.1) is 0 Å². The van der Waals surface area contributed by atoms with Gasteiger partial charge in [0, 0.05) is 11.6 Å². The maximum Gasteiger partial charge on any atom is 0.416 e. The van der Waals surface area contributed by atoms with E-state index < -0.39 is 30.2 Å². The van der Waals surface area contributed by atoms with Gasteiger partial charge in [-0.05, 0) is 35.9 Å². The van der Waals surface area contributed by atoms with E-state index in [1.165, 1.54) is 37.4 Å². The van der Waals surface area contributed by atoms with Gasteiger partial charge in [0.1, 0.15) is 11.3 Å². The van der Waals surface area contributed by atoms with E-state index in [4.69, 9.17) is 21.1 Å². The van der Waals surface area contributed by atoms with Gasteiger partial charge in [0.15, 0.2) is 6.61 Å². The third kappa shape index (κ3) is 5.89. The summed E-state index contributed by atoms with van der Waals surface area (Å²) < 4.78 is 47.4. The van der Waals surface area contributed by atoms with E-state index in [1.807, 2.05) is 0 Å². The van der Waals surface area contributed by atoms with Gasteiger partial charge < -0.3 is 14.8 Å². The summed E-state index contributed by atoms with van der Waals surface area (Å²) in [6.07, 6.45) is -4.42. The summed E-state index contributed by atoms with van der Waals surface area (Å²) >= 11 is 5.80. The van der Waals surface area contributed by atoms with Crippen molar-refractivity contribution in [1.29, 1.82) is 0 Å². The fraction of sp³-hybridized carbons (Fsp3) is 0.222. The first kappa shape index (κ1) is 20.6. The molecule has 0 aliphatic heterocycles. The van der Waals surface area contributed by atoms with Gasteiger partial charge in [0.2, 0.25) is 0 Å². The van der Waals surface area contributed by atoms with E-state index in [1.54, 1.807) is 0 Å². The Bertz CT molecular complexity index is 822. The van der Waals surface area contributed by atoms with Crippen LogP contribution >= 0.6 is 11.6 Å². The summed E-state index contributed by atoms with van der Waals surface area (Å²) in [4.78, 5) is 23.8. The molecule has 0 bridgehead atoms. The fourth-order valence-electron chi connectivity index (χ4n) is 2.11. The van der Waals surface area contributed by atoms with Crippen LogP contribution in [0.1, 0.15) is 21.5 Å². The van der Waals surface area contributed by atoms with E-state index in [0.29, 0.717) is 10.6 Å². The van der Waals surface area contributed by atoms with E-state index in [2.05, 4.69) is 5.32 Å². The topological polar surface area (TPSA) is 64.6 Å². The normalized spacial score (nSPS) is 11.0.